The molecule has 1 aliphatic carbocycles. The molecule has 4 aliphatic heterocycles. The van der Waals surface area contributed by atoms with Crippen molar-refractivity contribution in [2.24, 2.45) is 11.3 Å². The fourth-order valence-electron chi connectivity index (χ4n) is 9.00. The first-order chi connectivity index (χ1) is 24.5. The highest BCUT2D eigenvalue weighted by atomic mass is 19.4. The van der Waals surface area contributed by atoms with Crippen LogP contribution in [0.15, 0.2) is 24.3 Å². The van der Waals surface area contributed by atoms with Gasteiger partial charge in [0.15, 0.2) is 5.82 Å². The van der Waals surface area contributed by atoms with Gasteiger partial charge in [0.2, 0.25) is 0 Å². The summed E-state index contributed by atoms with van der Waals surface area (Å²) in [7, 11) is 0. The summed E-state index contributed by atoms with van der Waals surface area (Å²) in [6.45, 7) is 2.33. The molecule has 6 heterocycles. The number of anilines is 1. The number of benzene rings is 2. The Hall–Kier alpha value is -4.28. The van der Waals surface area contributed by atoms with Gasteiger partial charge >= 0.3 is 12.2 Å². The number of aryl methyl sites for hydroxylation is 1. The highest BCUT2D eigenvalue weighted by molar-refractivity contribution is 6.03. The maximum Gasteiger partial charge on any atom is 0.391 e. The number of hydrogen-bond donors (Lipinski definition) is 2. The number of fused-ring (bicyclic) bond motifs is 6. The summed E-state index contributed by atoms with van der Waals surface area (Å²) in [6.07, 6.45) is 6.80. The number of aromatic nitrogens is 3. The summed E-state index contributed by atoms with van der Waals surface area (Å²) in [5.41, 5.74) is 0.386. The Labute approximate surface area is 291 Å². The van der Waals surface area contributed by atoms with Gasteiger partial charge < -0.3 is 25.0 Å². The van der Waals surface area contributed by atoms with Crippen LogP contribution >= 0.6 is 0 Å². The van der Waals surface area contributed by atoms with E-state index < -0.39 is 23.7 Å². The standard InChI is InChI=1S/C38H37F5N6O2/c1-2-24-26(39)5-3-20-15-23(50)16-25(30(20)24)33-32(40)34-31-28(45-33)7-8-29-27-6-4-22(44-27)17-49(29)35(31)47-36(46-34)51-19-37(11-12-37)18-48-13-9-21(10-14-48)38(41,42)43/h1,3,5,15-16,21-22,27,29,44,50H,4,6-14,17-19H2/t22-,27+,29-/m1/s1. The molecular formula is C38H37F5N6O2. The number of rotatable bonds is 6. The van der Waals surface area contributed by atoms with Gasteiger partial charge in [-0.05, 0) is 88.0 Å². The van der Waals surface area contributed by atoms with Gasteiger partial charge in [0.25, 0.3) is 0 Å². The third-order valence-corrected chi connectivity index (χ3v) is 11.9. The molecule has 0 unspecified atom stereocenters. The van der Waals surface area contributed by atoms with Crippen LogP contribution in [0, 0.1) is 35.3 Å². The van der Waals surface area contributed by atoms with Gasteiger partial charge in [-0.2, -0.15) is 23.1 Å². The van der Waals surface area contributed by atoms with Gasteiger partial charge in [0.1, 0.15) is 28.6 Å². The lowest BCUT2D eigenvalue weighted by Crippen LogP contribution is -2.58. The molecule has 266 valence electrons. The van der Waals surface area contributed by atoms with Gasteiger partial charge in [0.05, 0.1) is 29.2 Å². The fraction of sp³-hybridized carbons (Fsp3) is 0.500. The molecule has 8 nitrogen and oxygen atoms in total. The molecule has 0 amide bonds. The zero-order chi connectivity index (χ0) is 35.2. The average molecular weight is 705 g/mol. The topological polar surface area (TPSA) is 86.6 Å². The largest absolute Gasteiger partial charge is 0.508 e. The number of piperidine rings is 1. The monoisotopic (exact) mass is 704 g/mol. The van der Waals surface area contributed by atoms with E-state index in [0.717, 1.165) is 32.1 Å². The summed E-state index contributed by atoms with van der Waals surface area (Å²) in [4.78, 5) is 18.8. The van der Waals surface area contributed by atoms with Crippen molar-refractivity contribution < 1.29 is 31.8 Å². The molecule has 1 saturated carbocycles. The summed E-state index contributed by atoms with van der Waals surface area (Å²) in [5, 5.41) is 15.6. The maximum absolute atomic E-state index is 17.1. The zero-order valence-electron chi connectivity index (χ0n) is 27.9. The van der Waals surface area contributed by atoms with Crippen molar-refractivity contribution >= 4 is 27.5 Å². The second-order valence-electron chi connectivity index (χ2n) is 15.1. The second kappa shape index (κ2) is 11.9. The van der Waals surface area contributed by atoms with Crippen molar-refractivity contribution in [2.75, 3.05) is 37.7 Å². The van der Waals surface area contributed by atoms with Crippen LogP contribution in [-0.2, 0) is 6.42 Å². The number of phenolic OH excluding ortho intramolecular Hbond substituents is 1. The number of terminal acetylenes is 1. The van der Waals surface area contributed by atoms with Crippen molar-refractivity contribution in [1.82, 2.24) is 25.2 Å². The van der Waals surface area contributed by atoms with Gasteiger partial charge in [0, 0.05) is 47.6 Å². The van der Waals surface area contributed by atoms with Gasteiger partial charge in [-0.25, -0.2) is 13.8 Å². The minimum atomic E-state index is -4.17. The average Bonchev–Trinajstić information content (AvgIpc) is 3.80. The van der Waals surface area contributed by atoms with E-state index >= 15 is 8.78 Å². The Morgan fingerprint density at radius 2 is 1.82 bits per heavy atom. The number of nitrogens with zero attached hydrogens (tertiary/aromatic N) is 5. The molecule has 2 N–H and O–H groups in total. The Balaban J connectivity index is 1.12. The van der Waals surface area contributed by atoms with Crippen LogP contribution in [0.25, 0.3) is 32.9 Å². The molecule has 2 bridgehead atoms. The van der Waals surface area contributed by atoms with Gasteiger partial charge in [-0.15, -0.1) is 6.42 Å². The molecule has 51 heavy (non-hydrogen) atoms. The lowest BCUT2D eigenvalue weighted by atomic mass is 9.95. The molecule has 3 saturated heterocycles. The minimum absolute atomic E-state index is 0.0178. The third kappa shape index (κ3) is 5.62. The zero-order valence-corrected chi connectivity index (χ0v) is 27.9. The summed E-state index contributed by atoms with van der Waals surface area (Å²) in [5.74, 6) is 0.155. The Morgan fingerprint density at radius 3 is 2.57 bits per heavy atom. The van der Waals surface area contributed by atoms with Crippen LogP contribution < -0.4 is 15.0 Å². The van der Waals surface area contributed by atoms with Crippen molar-refractivity contribution in [3.05, 3.63) is 47.2 Å². The van der Waals surface area contributed by atoms with Crippen LogP contribution in [0.4, 0.5) is 27.8 Å². The lowest BCUT2D eigenvalue weighted by Gasteiger charge is -2.41. The highest BCUT2D eigenvalue weighted by Crippen LogP contribution is 2.48. The van der Waals surface area contributed by atoms with Crippen LogP contribution in [-0.4, -0.2) is 82.0 Å². The normalized spacial score (nSPS) is 24.4. The Bertz CT molecular complexity index is 2110. The number of ether oxygens (including phenoxy) is 1. The van der Waals surface area contributed by atoms with Crippen LogP contribution in [0.5, 0.6) is 11.8 Å². The fourth-order valence-corrected chi connectivity index (χ4v) is 9.00. The number of hydrogen-bond acceptors (Lipinski definition) is 8. The summed E-state index contributed by atoms with van der Waals surface area (Å²) >= 11 is 0. The minimum Gasteiger partial charge on any atom is -0.508 e. The SMILES string of the molecule is C#Cc1c(F)ccc2cc(O)cc(-c3nc4c5c(nc(OCC6(CN7CCC(C(F)(F)F)CC7)CC6)nc5c3F)N3C[C@H]5CC[C@H](N5)[C@H]3CC4)c12. The summed E-state index contributed by atoms with van der Waals surface area (Å²) < 4.78 is 78.3. The predicted octanol–water partition coefficient (Wildman–Crippen LogP) is 6.50. The molecule has 2 aromatic carbocycles. The first-order valence-electron chi connectivity index (χ1n) is 17.8. The van der Waals surface area contributed by atoms with Gasteiger partial charge in [-0.1, -0.05) is 12.0 Å². The quantitative estimate of drug-likeness (QED) is 0.174. The molecule has 4 aromatic rings. The van der Waals surface area contributed by atoms with Crippen LogP contribution in [0.1, 0.15) is 56.2 Å². The Kier molecular flexibility index (Phi) is 7.60. The first-order valence-corrected chi connectivity index (χ1v) is 17.8. The van der Waals surface area contributed by atoms with Gasteiger partial charge in [-0.3, -0.25) is 0 Å². The molecule has 9 rings (SSSR count). The molecular weight excluding hydrogens is 667 g/mol. The van der Waals surface area contributed by atoms with E-state index in [1.807, 2.05) is 0 Å². The van der Waals surface area contributed by atoms with Crippen molar-refractivity contribution in [1.29, 1.82) is 0 Å². The lowest BCUT2D eigenvalue weighted by molar-refractivity contribution is -0.185. The predicted molar refractivity (Wildman–Crippen MR) is 182 cm³/mol. The molecule has 0 radical (unpaired) electrons. The van der Waals surface area contributed by atoms with Crippen molar-refractivity contribution in [3.63, 3.8) is 0 Å². The van der Waals surface area contributed by atoms with Crippen LogP contribution in [0.2, 0.25) is 0 Å². The smallest absolute Gasteiger partial charge is 0.391 e. The van der Waals surface area contributed by atoms with E-state index in [1.165, 1.54) is 24.3 Å². The molecule has 13 heteroatoms. The van der Waals surface area contributed by atoms with Crippen LogP contribution in [0.3, 0.4) is 0 Å². The molecule has 5 aliphatic rings. The van der Waals surface area contributed by atoms with Crippen molar-refractivity contribution in [2.45, 2.75) is 75.7 Å². The number of halogens is 5. The third-order valence-electron chi connectivity index (χ3n) is 11.9. The van der Waals surface area contributed by atoms with Crippen molar-refractivity contribution in [3.8, 4) is 35.4 Å². The van der Waals surface area contributed by atoms with E-state index in [4.69, 9.17) is 21.1 Å². The number of pyridine rings is 1. The highest BCUT2D eigenvalue weighted by Gasteiger charge is 2.48. The van der Waals surface area contributed by atoms with E-state index in [2.05, 4.69) is 26.0 Å². The number of phenols is 1. The molecule has 2 aromatic heterocycles. The number of piperazine rings is 1. The van der Waals surface area contributed by atoms with E-state index in [1.54, 1.807) is 0 Å². The maximum atomic E-state index is 17.1. The Morgan fingerprint density at radius 1 is 1.02 bits per heavy atom. The number of likely N-dealkylation sites (tertiary alicyclic amines) is 1. The molecule has 0 spiro atoms. The van der Waals surface area contributed by atoms with E-state index in [-0.39, 0.29) is 82.5 Å². The van der Waals surface area contributed by atoms with E-state index in [9.17, 15) is 18.3 Å². The molecule has 4 fully saturated rings. The number of aromatic hydroxyl groups is 1. The first kappa shape index (κ1) is 32.6. The molecule has 3 atom stereocenters. The van der Waals surface area contributed by atoms with E-state index in [0.29, 0.717) is 54.9 Å². The number of alkyl halides is 3. The number of nitrogens with one attached hydrogen (secondary N) is 1. The second-order valence-corrected chi connectivity index (χ2v) is 15.1. The summed E-state index contributed by atoms with van der Waals surface area (Å²) in [6, 6.07) is 6.13.